The van der Waals surface area contributed by atoms with Crippen LogP contribution in [0.2, 0.25) is 0 Å². The summed E-state index contributed by atoms with van der Waals surface area (Å²) in [5.41, 5.74) is 1.12. The third-order valence-electron chi connectivity index (χ3n) is 4.57. The molecule has 1 aromatic rings. The summed E-state index contributed by atoms with van der Waals surface area (Å²) in [4.78, 5) is 26.8. The van der Waals surface area contributed by atoms with E-state index < -0.39 is 43.5 Å². The second kappa shape index (κ2) is 9.99. The van der Waals surface area contributed by atoms with E-state index in [-0.39, 0.29) is 11.2 Å². The summed E-state index contributed by atoms with van der Waals surface area (Å²) in [6, 6.07) is 9.20. The predicted octanol–water partition coefficient (Wildman–Crippen LogP) is -0.783. The minimum Gasteiger partial charge on any atom is -0.453 e. The number of carbonyl (C=O) groups excluding carboxylic acids is 1. The Hall–Kier alpha value is -3.13. The second-order valence-corrected chi connectivity index (χ2v) is 6.72. The van der Waals surface area contributed by atoms with Crippen molar-refractivity contribution in [3.8, 4) is 17.2 Å². The number of hydrogen-bond donors (Lipinski definition) is 5. The molecule has 0 bridgehead atoms. The molecule has 12 nitrogen and oxygen atoms in total. The zero-order valence-electron chi connectivity index (χ0n) is 16.7. The Kier molecular flexibility index (Phi) is 7.35. The molecule has 3 aliphatic rings. The third kappa shape index (κ3) is 5.02. The summed E-state index contributed by atoms with van der Waals surface area (Å²) < 4.78 is 19.6. The molecule has 1 fully saturated rings. The molecule has 1 aliphatic carbocycles. The van der Waals surface area contributed by atoms with Crippen LogP contribution in [0.1, 0.15) is 0 Å². The van der Waals surface area contributed by atoms with Crippen LogP contribution in [0.4, 0.5) is 4.79 Å². The number of ether oxygens (including phenoxy) is 3. The smallest absolute Gasteiger partial charge is 0.453 e. The fraction of sp³-hybridized carbons (Fsp3) is 0.350. The van der Waals surface area contributed by atoms with Gasteiger partial charge in [-0.15, -0.1) is 0 Å². The molecule has 12 heteroatoms. The second-order valence-electron chi connectivity index (χ2n) is 6.72. The van der Waals surface area contributed by atoms with Crippen molar-refractivity contribution in [2.45, 2.75) is 30.7 Å². The van der Waals surface area contributed by atoms with Crippen LogP contribution in [0.3, 0.4) is 0 Å². The molecule has 4 rings (SSSR count). The van der Waals surface area contributed by atoms with Crippen LogP contribution >= 0.6 is 0 Å². The van der Waals surface area contributed by atoms with Gasteiger partial charge in [0, 0.05) is 6.07 Å². The van der Waals surface area contributed by atoms with Gasteiger partial charge in [-0.3, -0.25) is 4.79 Å². The van der Waals surface area contributed by atoms with Crippen LogP contribution in [0, 0.1) is 0 Å². The maximum atomic E-state index is 11.3. The highest BCUT2D eigenvalue weighted by Gasteiger charge is 2.42. The van der Waals surface area contributed by atoms with E-state index in [1.165, 1.54) is 19.2 Å². The van der Waals surface area contributed by atoms with E-state index in [9.17, 15) is 9.59 Å². The van der Waals surface area contributed by atoms with Gasteiger partial charge in [-0.2, -0.15) is 0 Å². The maximum absolute atomic E-state index is 11.3. The standard InChI is InChI=1S/C14H9NO5.C6H12O6/c1-18-14(17)20-11-4-2-3-10-13(11)15-9-6-5-8(16)7-12(9)19-10;7-1-2-3(8)4(9)5(10)6(11)12-2/h2-7H,1H3;2-11H,1H2/t;2-,3+,4+,5-,6-/m.1/s1. The fourth-order valence-corrected chi connectivity index (χ4v) is 2.90. The molecule has 1 saturated heterocycles. The fourth-order valence-electron chi connectivity index (χ4n) is 2.90. The molecule has 0 saturated carbocycles. The van der Waals surface area contributed by atoms with Crippen molar-refractivity contribution in [3.63, 3.8) is 0 Å². The number of benzene rings is 2. The first-order chi connectivity index (χ1) is 15.2. The van der Waals surface area contributed by atoms with Gasteiger partial charge in [-0.1, -0.05) is 6.07 Å². The Morgan fingerprint density at radius 1 is 1.09 bits per heavy atom. The van der Waals surface area contributed by atoms with Crippen molar-refractivity contribution in [1.29, 1.82) is 0 Å². The third-order valence-corrected chi connectivity index (χ3v) is 4.57. The number of para-hydroxylation sites is 1. The van der Waals surface area contributed by atoms with E-state index in [0.717, 1.165) is 0 Å². The SMILES string of the molecule is COC(=O)Oc1cccc2oc3cc(=O)ccc-3nc12.OC[C@H]1O[C@@H](O)[C@H](O)[C@@H](O)[C@H]1O. The van der Waals surface area contributed by atoms with E-state index in [1.807, 2.05) is 0 Å². The van der Waals surface area contributed by atoms with Gasteiger partial charge in [0.05, 0.1) is 13.7 Å². The maximum Gasteiger partial charge on any atom is 0.513 e. The molecular formula is C20H21NO11. The number of fused-ring (bicyclic) bond motifs is 2. The average Bonchev–Trinajstić information content (AvgIpc) is 2.79. The van der Waals surface area contributed by atoms with Crippen LogP contribution < -0.4 is 10.2 Å². The quantitative estimate of drug-likeness (QED) is 0.186. The normalized spacial score (nSPS) is 25.1. The lowest BCUT2D eigenvalue weighted by Gasteiger charge is -2.37. The number of hydrogen-bond acceptors (Lipinski definition) is 12. The molecule has 0 radical (unpaired) electrons. The van der Waals surface area contributed by atoms with Crippen LogP contribution in [0.15, 0.2) is 45.6 Å². The van der Waals surface area contributed by atoms with Crippen LogP contribution in [-0.2, 0) is 9.47 Å². The summed E-state index contributed by atoms with van der Waals surface area (Å²) in [6.07, 6.45) is -7.88. The lowest BCUT2D eigenvalue weighted by molar-refractivity contribution is -0.286. The van der Waals surface area contributed by atoms with E-state index in [2.05, 4.69) is 14.5 Å². The highest BCUT2D eigenvalue weighted by atomic mass is 16.7. The molecule has 0 aromatic heterocycles. The molecule has 2 aliphatic heterocycles. The summed E-state index contributed by atoms with van der Waals surface area (Å²) in [7, 11) is 1.22. The first-order valence-electron chi connectivity index (χ1n) is 9.33. The van der Waals surface area contributed by atoms with Crippen LogP contribution in [-0.4, -0.2) is 81.1 Å². The topological polar surface area (TPSA) is 189 Å². The lowest BCUT2D eigenvalue weighted by Crippen LogP contribution is -2.58. The first kappa shape index (κ1) is 23.5. The lowest BCUT2D eigenvalue weighted by atomic mass is 10.00. The highest BCUT2D eigenvalue weighted by molar-refractivity contribution is 5.84. The summed E-state index contributed by atoms with van der Waals surface area (Å²) >= 11 is 0. The Bertz CT molecular complexity index is 1100. The Morgan fingerprint density at radius 2 is 1.84 bits per heavy atom. The number of aliphatic hydroxyl groups excluding tert-OH is 5. The van der Waals surface area contributed by atoms with Gasteiger partial charge in [0.15, 0.2) is 28.8 Å². The molecule has 32 heavy (non-hydrogen) atoms. The first-order valence-corrected chi connectivity index (χ1v) is 9.33. The molecular weight excluding hydrogens is 430 g/mol. The van der Waals surface area contributed by atoms with Crippen molar-refractivity contribution in [2.24, 2.45) is 0 Å². The Morgan fingerprint density at radius 3 is 2.53 bits per heavy atom. The minimum atomic E-state index is -1.57. The van der Waals surface area contributed by atoms with Crippen molar-refractivity contribution in [3.05, 3.63) is 46.6 Å². The monoisotopic (exact) mass is 451 g/mol. The molecule has 0 spiro atoms. The summed E-state index contributed by atoms with van der Waals surface area (Å²) in [6.45, 7) is -0.526. The summed E-state index contributed by atoms with van der Waals surface area (Å²) in [5.74, 6) is 0.603. The summed E-state index contributed by atoms with van der Waals surface area (Å²) in [5, 5.41) is 44.7. The van der Waals surface area contributed by atoms with Crippen molar-refractivity contribution < 1.29 is 49.0 Å². The molecule has 1 aromatic carbocycles. The van der Waals surface area contributed by atoms with Gasteiger partial charge in [0.25, 0.3) is 0 Å². The number of nitrogens with zero attached hydrogens (tertiary/aromatic N) is 1. The molecule has 5 atom stereocenters. The zero-order valence-corrected chi connectivity index (χ0v) is 16.7. The van der Waals surface area contributed by atoms with Crippen LogP contribution in [0.5, 0.6) is 5.75 Å². The van der Waals surface area contributed by atoms with E-state index in [1.54, 1.807) is 24.3 Å². The number of rotatable bonds is 2. The highest BCUT2D eigenvalue weighted by Crippen LogP contribution is 2.29. The molecule has 172 valence electrons. The molecule has 5 N–H and O–H groups in total. The molecule has 0 unspecified atom stereocenters. The average molecular weight is 451 g/mol. The minimum absolute atomic E-state index is 0.163. The van der Waals surface area contributed by atoms with Gasteiger partial charge in [0.1, 0.15) is 35.6 Å². The predicted molar refractivity (Wildman–Crippen MR) is 106 cm³/mol. The molecule has 2 heterocycles. The number of aromatic nitrogens is 1. The van der Waals surface area contributed by atoms with Crippen molar-refractivity contribution >= 4 is 17.3 Å². The molecule has 0 amide bonds. The number of carbonyl (C=O) groups is 1. The largest absolute Gasteiger partial charge is 0.513 e. The van der Waals surface area contributed by atoms with E-state index in [0.29, 0.717) is 22.6 Å². The van der Waals surface area contributed by atoms with E-state index >= 15 is 0 Å². The van der Waals surface area contributed by atoms with Crippen molar-refractivity contribution in [2.75, 3.05) is 13.7 Å². The van der Waals surface area contributed by atoms with Crippen LogP contribution in [0.25, 0.3) is 22.6 Å². The number of methoxy groups -OCH3 is 1. The van der Waals surface area contributed by atoms with Gasteiger partial charge in [-0.05, 0) is 24.3 Å². The van der Waals surface area contributed by atoms with E-state index in [4.69, 9.17) is 34.7 Å². The van der Waals surface area contributed by atoms with Gasteiger partial charge in [-0.25, -0.2) is 9.78 Å². The van der Waals surface area contributed by atoms with Gasteiger partial charge < -0.3 is 44.2 Å². The number of aliphatic hydroxyl groups is 5. The van der Waals surface area contributed by atoms with Gasteiger partial charge in [0.2, 0.25) is 0 Å². The van der Waals surface area contributed by atoms with Gasteiger partial charge >= 0.3 is 6.16 Å². The Balaban J connectivity index is 0.000000207. The zero-order chi connectivity index (χ0) is 23.4. The van der Waals surface area contributed by atoms with Crippen molar-refractivity contribution in [1.82, 2.24) is 4.98 Å². The Labute approximate surface area is 180 Å².